The molecule has 1 heterocycles. The molecule has 2 aromatic carbocycles. The van der Waals surface area contributed by atoms with E-state index in [0.29, 0.717) is 28.8 Å². The third kappa shape index (κ3) is 4.92. The van der Waals surface area contributed by atoms with Crippen LogP contribution < -0.4 is 16.4 Å². The molecule has 0 bridgehead atoms. The molecule has 0 aliphatic rings. The second-order valence-corrected chi connectivity index (χ2v) is 7.01. The lowest BCUT2D eigenvalue weighted by atomic mass is 10.2. The molecule has 3 aromatic rings. The Morgan fingerprint density at radius 1 is 1.33 bits per heavy atom. The van der Waals surface area contributed by atoms with Crippen LogP contribution in [0.1, 0.15) is 11.1 Å². The van der Waals surface area contributed by atoms with Gasteiger partial charge in [0, 0.05) is 17.8 Å². The summed E-state index contributed by atoms with van der Waals surface area (Å²) in [5.74, 6) is 7.73. The van der Waals surface area contributed by atoms with Gasteiger partial charge in [0.05, 0.1) is 16.3 Å². The minimum atomic E-state index is -0.433. The number of anilines is 2. The number of hydrogen-bond donors (Lipinski definition) is 3. The van der Waals surface area contributed by atoms with Crippen LogP contribution in [-0.2, 0) is 11.3 Å². The summed E-state index contributed by atoms with van der Waals surface area (Å²) in [7, 11) is 0. The molecule has 0 fully saturated rings. The molecule has 27 heavy (non-hydrogen) atoms. The van der Waals surface area contributed by atoms with E-state index < -0.39 is 5.91 Å². The van der Waals surface area contributed by atoms with Gasteiger partial charge < -0.3 is 16.4 Å². The van der Waals surface area contributed by atoms with Gasteiger partial charge in [-0.1, -0.05) is 46.9 Å². The van der Waals surface area contributed by atoms with Crippen LogP contribution in [0, 0.1) is 24.2 Å². The van der Waals surface area contributed by atoms with E-state index in [4.69, 9.17) is 23.8 Å². The van der Waals surface area contributed by atoms with Gasteiger partial charge in [0.25, 0.3) is 5.91 Å². The topological polar surface area (TPSA) is 80.0 Å². The predicted molar refractivity (Wildman–Crippen MR) is 112 cm³/mol. The maximum atomic E-state index is 11.1. The first-order chi connectivity index (χ1) is 13.0. The Morgan fingerprint density at radius 2 is 2.19 bits per heavy atom. The molecule has 0 saturated carbocycles. The summed E-state index contributed by atoms with van der Waals surface area (Å²) in [5, 5.41) is 6.88. The van der Waals surface area contributed by atoms with Crippen LogP contribution in [0.3, 0.4) is 0 Å². The van der Waals surface area contributed by atoms with Gasteiger partial charge >= 0.3 is 0 Å². The number of rotatable bonds is 4. The van der Waals surface area contributed by atoms with E-state index in [2.05, 4.69) is 27.5 Å². The number of fused-ring (bicyclic) bond motifs is 1. The van der Waals surface area contributed by atoms with Crippen LogP contribution in [0.2, 0.25) is 5.02 Å². The molecular formula is C20H15ClN4OS. The van der Waals surface area contributed by atoms with Gasteiger partial charge in [-0.3, -0.25) is 4.79 Å². The van der Waals surface area contributed by atoms with Crippen molar-refractivity contribution in [2.75, 3.05) is 17.6 Å². The van der Waals surface area contributed by atoms with Crippen molar-refractivity contribution >= 4 is 49.9 Å². The van der Waals surface area contributed by atoms with Gasteiger partial charge in [-0.25, -0.2) is 4.98 Å². The highest BCUT2D eigenvalue weighted by atomic mass is 35.5. The molecule has 3 rings (SSSR count). The SMILES string of the molecule is C#CC(=O)NCc1cccc(NCC#Cc2cc(Cl)c3nc(N)sc3c2)c1. The normalized spacial score (nSPS) is 9.93. The number of carbonyl (C=O) groups is 1. The van der Waals surface area contributed by atoms with Crippen molar-refractivity contribution in [2.24, 2.45) is 0 Å². The smallest absolute Gasteiger partial charge is 0.295 e. The van der Waals surface area contributed by atoms with Crippen LogP contribution in [-0.4, -0.2) is 17.4 Å². The first-order valence-corrected chi connectivity index (χ1v) is 9.16. The molecule has 4 N–H and O–H groups in total. The quantitative estimate of drug-likeness (QED) is 0.593. The highest BCUT2D eigenvalue weighted by Gasteiger charge is 2.06. The number of thiazole rings is 1. The first-order valence-electron chi connectivity index (χ1n) is 7.97. The molecule has 0 aliphatic heterocycles. The van der Waals surface area contributed by atoms with Crippen molar-refractivity contribution < 1.29 is 4.79 Å². The molecule has 0 unspecified atom stereocenters. The first kappa shape index (κ1) is 18.6. The number of terminal acetylenes is 1. The lowest BCUT2D eigenvalue weighted by molar-refractivity contribution is -0.115. The van der Waals surface area contributed by atoms with Gasteiger partial charge in [0.1, 0.15) is 5.52 Å². The van der Waals surface area contributed by atoms with Crippen molar-refractivity contribution in [3.8, 4) is 24.2 Å². The minimum absolute atomic E-state index is 0.376. The second-order valence-electron chi connectivity index (χ2n) is 5.54. The fourth-order valence-corrected chi connectivity index (χ4v) is 3.51. The van der Waals surface area contributed by atoms with Gasteiger partial charge in [-0.2, -0.15) is 0 Å². The highest BCUT2D eigenvalue weighted by Crippen LogP contribution is 2.30. The number of aromatic nitrogens is 1. The Balaban J connectivity index is 1.62. The zero-order valence-corrected chi connectivity index (χ0v) is 15.7. The number of hydrogen-bond acceptors (Lipinski definition) is 5. The van der Waals surface area contributed by atoms with Gasteiger partial charge in [-0.15, -0.1) is 6.42 Å². The van der Waals surface area contributed by atoms with Crippen molar-refractivity contribution in [1.29, 1.82) is 0 Å². The van der Waals surface area contributed by atoms with E-state index in [-0.39, 0.29) is 0 Å². The maximum Gasteiger partial charge on any atom is 0.295 e. The Labute approximate surface area is 165 Å². The molecule has 5 nitrogen and oxygen atoms in total. The van der Waals surface area contributed by atoms with Gasteiger partial charge in [0.2, 0.25) is 0 Å². The molecule has 0 aliphatic carbocycles. The molecule has 134 valence electrons. The number of nitrogens with one attached hydrogen (secondary N) is 2. The van der Waals surface area contributed by atoms with Crippen molar-refractivity contribution in [1.82, 2.24) is 10.3 Å². The van der Waals surface area contributed by atoms with E-state index in [1.165, 1.54) is 11.3 Å². The Kier molecular flexibility index (Phi) is 5.83. The molecule has 7 heteroatoms. The highest BCUT2D eigenvalue weighted by molar-refractivity contribution is 7.22. The van der Waals surface area contributed by atoms with Gasteiger partial charge in [-0.05, 0) is 35.7 Å². The zero-order valence-electron chi connectivity index (χ0n) is 14.2. The summed E-state index contributed by atoms with van der Waals surface area (Å²) in [4.78, 5) is 15.3. The summed E-state index contributed by atoms with van der Waals surface area (Å²) in [5.41, 5.74) is 9.08. The van der Waals surface area contributed by atoms with E-state index in [1.54, 1.807) is 6.07 Å². The summed E-state index contributed by atoms with van der Waals surface area (Å²) < 4.78 is 0.916. The van der Waals surface area contributed by atoms with E-state index in [1.807, 2.05) is 36.3 Å². The summed E-state index contributed by atoms with van der Waals surface area (Å²) in [6.45, 7) is 0.835. The van der Waals surface area contributed by atoms with Crippen LogP contribution >= 0.6 is 22.9 Å². The van der Waals surface area contributed by atoms with Gasteiger partial charge in [0.15, 0.2) is 5.13 Å². The predicted octanol–water partition coefficient (Wildman–Crippen LogP) is 3.24. The minimum Gasteiger partial charge on any atom is -0.375 e. The monoisotopic (exact) mass is 394 g/mol. The number of nitrogens with zero attached hydrogens (tertiary/aromatic N) is 1. The van der Waals surface area contributed by atoms with Crippen molar-refractivity contribution in [2.45, 2.75) is 6.54 Å². The van der Waals surface area contributed by atoms with E-state index in [9.17, 15) is 4.79 Å². The third-order valence-corrected chi connectivity index (χ3v) is 4.71. The number of amides is 1. The van der Waals surface area contributed by atoms with E-state index in [0.717, 1.165) is 21.5 Å². The van der Waals surface area contributed by atoms with Crippen LogP contribution in [0.25, 0.3) is 10.2 Å². The summed E-state index contributed by atoms with van der Waals surface area (Å²) in [6.07, 6.45) is 5.03. The molecule has 1 aromatic heterocycles. The number of carbonyl (C=O) groups excluding carboxylic acids is 1. The number of halogens is 1. The molecule has 0 radical (unpaired) electrons. The average molecular weight is 395 g/mol. The Morgan fingerprint density at radius 3 is 3.00 bits per heavy atom. The second kappa shape index (κ2) is 8.46. The Bertz CT molecular complexity index is 1100. The fraction of sp³-hybridized carbons (Fsp3) is 0.100. The van der Waals surface area contributed by atoms with E-state index >= 15 is 0 Å². The lowest BCUT2D eigenvalue weighted by Gasteiger charge is -2.06. The van der Waals surface area contributed by atoms with Crippen LogP contribution in [0.4, 0.5) is 10.8 Å². The van der Waals surface area contributed by atoms with Crippen LogP contribution in [0.15, 0.2) is 36.4 Å². The summed E-state index contributed by atoms with van der Waals surface area (Å²) >= 11 is 7.61. The van der Waals surface area contributed by atoms with Crippen LogP contribution in [0.5, 0.6) is 0 Å². The zero-order chi connectivity index (χ0) is 19.2. The fourth-order valence-electron chi connectivity index (χ4n) is 2.40. The lowest BCUT2D eigenvalue weighted by Crippen LogP contribution is -2.20. The molecule has 0 saturated heterocycles. The molecule has 0 spiro atoms. The van der Waals surface area contributed by atoms with Crippen molar-refractivity contribution in [3.63, 3.8) is 0 Å². The number of nitrogens with two attached hydrogens (primary N) is 1. The molecule has 1 amide bonds. The number of benzene rings is 2. The standard InChI is InChI=1S/C20H15ClN4OS/c1-2-18(26)24-12-14-5-3-7-15(9-14)23-8-4-6-13-10-16(21)19-17(11-13)27-20(22)25-19/h1,3,5,7,9-11,23H,8,12H2,(H2,22,25)(H,24,26). The third-order valence-electron chi connectivity index (χ3n) is 3.59. The average Bonchev–Trinajstić information content (AvgIpc) is 3.04. The molecular weight excluding hydrogens is 380 g/mol. The Hall–Kier alpha value is -3.19. The largest absolute Gasteiger partial charge is 0.375 e. The molecule has 0 atom stereocenters. The van der Waals surface area contributed by atoms with Crippen molar-refractivity contribution in [3.05, 3.63) is 52.5 Å². The number of nitrogen functional groups attached to an aromatic ring is 1. The maximum absolute atomic E-state index is 11.1. The summed E-state index contributed by atoms with van der Waals surface area (Å²) in [6, 6.07) is 11.4.